The molecule has 3 fully saturated rings. The van der Waals surface area contributed by atoms with Gasteiger partial charge in [-0.2, -0.15) is 0 Å². The van der Waals surface area contributed by atoms with E-state index < -0.39 is 0 Å². The Morgan fingerprint density at radius 2 is 2.00 bits per heavy atom. The summed E-state index contributed by atoms with van der Waals surface area (Å²) in [6.45, 7) is 3.88. The monoisotopic (exact) mass is 265 g/mol. The van der Waals surface area contributed by atoms with Gasteiger partial charge in [0, 0.05) is 25.7 Å². The van der Waals surface area contributed by atoms with Crippen LogP contribution in [0.1, 0.15) is 51.9 Å². The van der Waals surface area contributed by atoms with Gasteiger partial charge in [0.1, 0.15) is 0 Å². The molecule has 0 radical (unpaired) electrons. The van der Waals surface area contributed by atoms with Crippen molar-refractivity contribution in [1.29, 1.82) is 0 Å². The first kappa shape index (κ1) is 13.4. The van der Waals surface area contributed by atoms with Crippen LogP contribution in [0, 0.1) is 23.7 Å². The molecule has 0 aromatic rings. The smallest absolute Gasteiger partial charge is 0.220 e. The van der Waals surface area contributed by atoms with E-state index in [-0.39, 0.29) is 5.91 Å². The highest BCUT2D eigenvalue weighted by Crippen LogP contribution is 2.49. The summed E-state index contributed by atoms with van der Waals surface area (Å²) in [4.78, 5) is 12.1. The second kappa shape index (κ2) is 5.82. The lowest BCUT2D eigenvalue weighted by Crippen LogP contribution is -2.41. The van der Waals surface area contributed by atoms with Crippen molar-refractivity contribution in [3.05, 3.63) is 0 Å². The van der Waals surface area contributed by atoms with E-state index in [0.29, 0.717) is 18.4 Å². The first-order valence-corrected chi connectivity index (χ1v) is 8.09. The zero-order valence-electron chi connectivity index (χ0n) is 12.1. The molecule has 3 aliphatic rings. The summed E-state index contributed by atoms with van der Waals surface area (Å²) in [6.07, 6.45) is 8.41. The summed E-state index contributed by atoms with van der Waals surface area (Å²) in [6, 6.07) is 0.377. The number of hydrogen-bond acceptors (Lipinski definition) is 2. The Bertz CT molecular complexity index is 325. The molecule has 4 unspecified atom stereocenters. The Morgan fingerprint density at radius 3 is 2.63 bits per heavy atom. The van der Waals surface area contributed by atoms with E-state index in [1.54, 1.807) is 0 Å². The molecule has 4 atom stereocenters. The molecule has 1 heterocycles. The van der Waals surface area contributed by atoms with Crippen LogP contribution in [-0.4, -0.2) is 25.2 Å². The zero-order valence-corrected chi connectivity index (χ0v) is 12.1. The average Bonchev–Trinajstić information content (AvgIpc) is 3.02. The van der Waals surface area contributed by atoms with E-state index in [1.807, 2.05) is 0 Å². The molecule has 2 saturated carbocycles. The van der Waals surface area contributed by atoms with Gasteiger partial charge >= 0.3 is 0 Å². The van der Waals surface area contributed by atoms with Gasteiger partial charge in [-0.1, -0.05) is 6.42 Å². The number of ether oxygens (including phenoxy) is 1. The van der Waals surface area contributed by atoms with Gasteiger partial charge in [0.2, 0.25) is 5.91 Å². The third kappa shape index (κ3) is 3.13. The molecule has 19 heavy (non-hydrogen) atoms. The van der Waals surface area contributed by atoms with Crippen LogP contribution in [-0.2, 0) is 9.53 Å². The van der Waals surface area contributed by atoms with Crippen LogP contribution < -0.4 is 5.32 Å². The maximum absolute atomic E-state index is 12.1. The normalized spacial score (nSPS) is 36.4. The van der Waals surface area contributed by atoms with Crippen molar-refractivity contribution >= 4 is 5.91 Å². The highest BCUT2D eigenvalue weighted by Gasteiger charge is 2.42. The van der Waals surface area contributed by atoms with E-state index in [4.69, 9.17) is 4.74 Å². The molecular formula is C16H27NO2. The van der Waals surface area contributed by atoms with Crippen LogP contribution >= 0.6 is 0 Å². The zero-order chi connectivity index (χ0) is 13.2. The predicted molar refractivity (Wildman–Crippen MR) is 74.7 cm³/mol. The van der Waals surface area contributed by atoms with Crippen molar-refractivity contribution in [2.75, 3.05) is 13.2 Å². The van der Waals surface area contributed by atoms with Gasteiger partial charge in [-0.05, 0) is 62.7 Å². The third-order valence-electron chi connectivity index (χ3n) is 5.64. The van der Waals surface area contributed by atoms with Crippen molar-refractivity contribution in [3.8, 4) is 0 Å². The Kier molecular flexibility index (Phi) is 4.11. The fraction of sp³-hybridized carbons (Fsp3) is 0.938. The lowest BCUT2D eigenvalue weighted by molar-refractivity contribution is -0.123. The quantitative estimate of drug-likeness (QED) is 0.849. The Labute approximate surface area is 116 Å². The van der Waals surface area contributed by atoms with Gasteiger partial charge in [-0.3, -0.25) is 4.79 Å². The molecule has 3 rings (SSSR count). The van der Waals surface area contributed by atoms with Gasteiger partial charge < -0.3 is 10.1 Å². The maximum atomic E-state index is 12.1. The van der Waals surface area contributed by atoms with E-state index in [0.717, 1.165) is 43.8 Å². The predicted octanol–water partition coefficient (Wildman–Crippen LogP) is 2.74. The van der Waals surface area contributed by atoms with Crippen LogP contribution in [0.25, 0.3) is 0 Å². The van der Waals surface area contributed by atoms with Gasteiger partial charge in [-0.25, -0.2) is 0 Å². The van der Waals surface area contributed by atoms with E-state index >= 15 is 0 Å². The molecule has 0 aromatic heterocycles. The summed E-state index contributed by atoms with van der Waals surface area (Å²) >= 11 is 0. The highest BCUT2D eigenvalue weighted by atomic mass is 16.5. The first-order valence-electron chi connectivity index (χ1n) is 8.09. The summed E-state index contributed by atoms with van der Waals surface area (Å²) in [5.41, 5.74) is 0. The second-order valence-electron chi connectivity index (χ2n) is 6.95. The highest BCUT2D eigenvalue weighted by molar-refractivity contribution is 5.76. The minimum Gasteiger partial charge on any atom is -0.381 e. The van der Waals surface area contributed by atoms with Crippen LogP contribution in [0.15, 0.2) is 0 Å². The van der Waals surface area contributed by atoms with E-state index in [1.165, 1.54) is 25.7 Å². The lowest BCUT2D eigenvalue weighted by atomic mass is 9.84. The molecule has 108 valence electrons. The molecule has 1 saturated heterocycles. The van der Waals surface area contributed by atoms with Gasteiger partial charge in [0.05, 0.1) is 0 Å². The minimum absolute atomic E-state index is 0.266. The molecule has 3 nitrogen and oxygen atoms in total. The van der Waals surface area contributed by atoms with Crippen molar-refractivity contribution in [2.24, 2.45) is 23.7 Å². The molecule has 1 aliphatic heterocycles. The SMILES string of the molecule is CC(NC(=O)CC1CCOCC1)C1CC2CCC1C2. The van der Waals surface area contributed by atoms with Crippen molar-refractivity contribution in [1.82, 2.24) is 5.32 Å². The van der Waals surface area contributed by atoms with Crippen molar-refractivity contribution in [3.63, 3.8) is 0 Å². The van der Waals surface area contributed by atoms with Gasteiger partial charge in [0.25, 0.3) is 0 Å². The fourth-order valence-electron chi connectivity index (χ4n) is 4.54. The molecule has 0 spiro atoms. The molecule has 1 N–H and O–H groups in total. The Hall–Kier alpha value is -0.570. The standard InChI is InChI=1S/C16H27NO2/c1-11(15-9-13-2-3-14(15)8-13)17-16(18)10-12-4-6-19-7-5-12/h11-15H,2-10H2,1H3,(H,17,18). The van der Waals surface area contributed by atoms with E-state index in [2.05, 4.69) is 12.2 Å². The number of fused-ring (bicyclic) bond motifs is 2. The molecular weight excluding hydrogens is 238 g/mol. The summed E-state index contributed by atoms with van der Waals surface area (Å²) in [5, 5.41) is 3.27. The molecule has 2 bridgehead atoms. The van der Waals surface area contributed by atoms with Crippen molar-refractivity contribution in [2.45, 2.75) is 57.9 Å². The average molecular weight is 265 g/mol. The molecule has 1 amide bonds. The van der Waals surface area contributed by atoms with Gasteiger partial charge in [-0.15, -0.1) is 0 Å². The number of carbonyl (C=O) groups excluding carboxylic acids is 1. The number of carbonyl (C=O) groups is 1. The third-order valence-corrected chi connectivity index (χ3v) is 5.64. The largest absolute Gasteiger partial charge is 0.381 e. The minimum atomic E-state index is 0.266. The first-order chi connectivity index (χ1) is 9.22. The topological polar surface area (TPSA) is 38.3 Å². The number of rotatable bonds is 4. The molecule has 0 aromatic carbocycles. The maximum Gasteiger partial charge on any atom is 0.220 e. The molecule has 3 heteroatoms. The summed E-state index contributed by atoms with van der Waals surface area (Å²) in [7, 11) is 0. The van der Waals surface area contributed by atoms with Crippen LogP contribution in [0.2, 0.25) is 0 Å². The summed E-state index contributed by atoms with van der Waals surface area (Å²) in [5.74, 6) is 3.41. The fourth-order valence-corrected chi connectivity index (χ4v) is 4.54. The number of nitrogens with one attached hydrogen (secondary N) is 1. The Morgan fingerprint density at radius 1 is 1.21 bits per heavy atom. The Balaban J connectivity index is 1.43. The second-order valence-corrected chi connectivity index (χ2v) is 6.95. The van der Waals surface area contributed by atoms with Crippen molar-refractivity contribution < 1.29 is 9.53 Å². The van der Waals surface area contributed by atoms with E-state index in [9.17, 15) is 4.79 Å². The van der Waals surface area contributed by atoms with Crippen LogP contribution in [0.3, 0.4) is 0 Å². The summed E-state index contributed by atoms with van der Waals surface area (Å²) < 4.78 is 5.35. The molecule has 2 aliphatic carbocycles. The van der Waals surface area contributed by atoms with Gasteiger partial charge in [0.15, 0.2) is 0 Å². The van der Waals surface area contributed by atoms with Crippen LogP contribution in [0.5, 0.6) is 0 Å². The number of hydrogen-bond donors (Lipinski definition) is 1. The lowest BCUT2D eigenvalue weighted by Gasteiger charge is -2.29. The van der Waals surface area contributed by atoms with Crippen LogP contribution in [0.4, 0.5) is 0 Å². The number of amides is 1.